The molecule has 1 N–H and O–H groups in total. The molecule has 0 aromatic heterocycles. The van der Waals surface area contributed by atoms with E-state index in [1.54, 1.807) is 6.08 Å². The van der Waals surface area contributed by atoms with E-state index in [0.717, 1.165) is 5.56 Å². The van der Waals surface area contributed by atoms with E-state index < -0.39 is 6.10 Å². The lowest BCUT2D eigenvalue weighted by atomic mass is 10.1. The summed E-state index contributed by atoms with van der Waals surface area (Å²) in [5.74, 6) is 1.39. The molecule has 0 saturated carbocycles. The average molecular weight is 236 g/mol. The molecule has 3 heteroatoms. The van der Waals surface area contributed by atoms with Gasteiger partial charge in [0, 0.05) is 0 Å². The molecule has 1 aromatic carbocycles. The zero-order valence-corrected chi connectivity index (χ0v) is 10.5. The standard InChI is InChI=1S/C14H20O3/c1-4-7-12(15)11-8-9-13(16-5-2)14(10-11)17-6-3/h4,8-10,12,15H,1,5-7H2,2-3H3. The van der Waals surface area contributed by atoms with Crippen LogP contribution >= 0.6 is 0 Å². The van der Waals surface area contributed by atoms with Gasteiger partial charge in [-0.25, -0.2) is 0 Å². The zero-order chi connectivity index (χ0) is 12.7. The van der Waals surface area contributed by atoms with Gasteiger partial charge in [-0.3, -0.25) is 0 Å². The highest BCUT2D eigenvalue weighted by Crippen LogP contribution is 2.31. The molecule has 0 aliphatic carbocycles. The Labute approximate surface area is 103 Å². The van der Waals surface area contributed by atoms with Crippen LogP contribution in [0.5, 0.6) is 11.5 Å². The van der Waals surface area contributed by atoms with Crippen LogP contribution < -0.4 is 9.47 Å². The molecule has 0 bridgehead atoms. The summed E-state index contributed by atoms with van der Waals surface area (Å²) in [6, 6.07) is 5.50. The number of ether oxygens (including phenoxy) is 2. The molecule has 0 saturated heterocycles. The fourth-order valence-electron chi connectivity index (χ4n) is 1.57. The van der Waals surface area contributed by atoms with Gasteiger partial charge in [-0.05, 0) is 38.0 Å². The van der Waals surface area contributed by atoms with E-state index in [1.807, 2.05) is 32.0 Å². The van der Waals surface area contributed by atoms with Crippen molar-refractivity contribution in [1.82, 2.24) is 0 Å². The minimum Gasteiger partial charge on any atom is -0.490 e. The summed E-state index contributed by atoms with van der Waals surface area (Å²) in [6.07, 6.45) is 1.68. The molecular formula is C14H20O3. The van der Waals surface area contributed by atoms with Crippen molar-refractivity contribution in [2.75, 3.05) is 13.2 Å². The molecule has 1 unspecified atom stereocenters. The summed E-state index contributed by atoms with van der Waals surface area (Å²) in [7, 11) is 0. The largest absolute Gasteiger partial charge is 0.490 e. The zero-order valence-electron chi connectivity index (χ0n) is 10.5. The lowest BCUT2D eigenvalue weighted by Gasteiger charge is -2.14. The van der Waals surface area contributed by atoms with Crippen molar-refractivity contribution in [2.24, 2.45) is 0 Å². The lowest BCUT2D eigenvalue weighted by molar-refractivity contribution is 0.180. The van der Waals surface area contributed by atoms with Crippen molar-refractivity contribution in [3.63, 3.8) is 0 Å². The highest BCUT2D eigenvalue weighted by Gasteiger charge is 2.10. The van der Waals surface area contributed by atoms with Crippen LogP contribution in [0.15, 0.2) is 30.9 Å². The molecule has 0 amide bonds. The van der Waals surface area contributed by atoms with Gasteiger partial charge in [0.1, 0.15) is 0 Å². The molecule has 0 heterocycles. The summed E-state index contributed by atoms with van der Waals surface area (Å²) in [5, 5.41) is 9.87. The van der Waals surface area contributed by atoms with Crippen LogP contribution in [-0.4, -0.2) is 18.3 Å². The van der Waals surface area contributed by atoms with Gasteiger partial charge in [-0.1, -0.05) is 12.1 Å². The predicted octanol–water partition coefficient (Wildman–Crippen LogP) is 3.09. The second-order valence-electron chi connectivity index (χ2n) is 3.61. The molecule has 0 aliphatic rings. The van der Waals surface area contributed by atoms with E-state index in [1.165, 1.54) is 0 Å². The summed E-state index contributed by atoms with van der Waals surface area (Å²) in [4.78, 5) is 0. The molecule has 1 aromatic rings. The highest BCUT2D eigenvalue weighted by molar-refractivity contribution is 5.43. The van der Waals surface area contributed by atoms with Crippen LogP contribution in [0, 0.1) is 0 Å². The van der Waals surface area contributed by atoms with Gasteiger partial charge >= 0.3 is 0 Å². The first-order chi connectivity index (χ1) is 8.22. The van der Waals surface area contributed by atoms with Gasteiger partial charge in [0.25, 0.3) is 0 Å². The summed E-state index contributed by atoms with van der Waals surface area (Å²) >= 11 is 0. The fraction of sp³-hybridized carbons (Fsp3) is 0.429. The van der Waals surface area contributed by atoms with E-state index >= 15 is 0 Å². The SMILES string of the molecule is C=CCC(O)c1ccc(OCC)c(OCC)c1. The second kappa shape index (κ2) is 6.97. The Bertz CT molecular complexity index is 360. The summed E-state index contributed by atoms with van der Waals surface area (Å²) < 4.78 is 11.0. The number of benzene rings is 1. The van der Waals surface area contributed by atoms with Gasteiger partial charge < -0.3 is 14.6 Å². The first-order valence-electron chi connectivity index (χ1n) is 5.91. The van der Waals surface area contributed by atoms with Crippen LogP contribution in [0.25, 0.3) is 0 Å². The molecule has 3 nitrogen and oxygen atoms in total. The topological polar surface area (TPSA) is 38.7 Å². The summed E-state index contributed by atoms with van der Waals surface area (Å²) in [6.45, 7) is 8.62. The fourth-order valence-corrected chi connectivity index (χ4v) is 1.57. The van der Waals surface area contributed by atoms with E-state index in [2.05, 4.69) is 6.58 Å². The maximum absolute atomic E-state index is 9.87. The Morgan fingerprint density at radius 3 is 2.47 bits per heavy atom. The van der Waals surface area contributed by atoms with Crippen LogP contribution in [-0.2, 0) is 0 Å². The monoisotopic (exact) mass is 236 g/mol. The van der Waals surface area contributed by atoms with Crippen molar-refractivity contribution in [3.05, 3.63) is 36.4 Å². The molecule has 0 spiro atoms. The smallest absolute Gasteiger partial charge is 0.161 e. The summed E-state index contributed by atoms with van der Waals surface area (Å²) in [5.41, 5.74) is 0.816. The average Bonchev–Trinajstić information content (AvgIpc) is 2.32. The number of aliphatic hydroxyl groups excluding tert-OH is 1. The normalized spacial score (nSPS) is 11.9. The first kappa shape index (κ1) is 13.6. The van der Waals surface area contributed by atoms with Gasteiger partial charge in [0.2, 0.25) is 0 Å². The molecule has 1 rings (SSSR count). The number of hydrogen-bond acceptors (Lipinski definition) is 3. The first-order valence-corrected chi connectivity index (χ1v) is 5.91. The molecule has 0 radical (unpaired) electrons. The van der Waals surface area contributed by atoms with Crippen LogP contribution in [0.1, 0.15) is 31.9 Å². The van der Waals surface area contributed by atoms with Gasteiger partial charge in [0.15, 0.2) is 11.5 Å². The Morgan fingerprint density at radius 2 is 1.88 bits per heavy atom. The van der Waals surface area contributed by atoms with Crippen molar-refractivity contribution in [3.8, 4) is 11.5 Å². The second-order valence-corrected chi connectivity index (χ2v) is 3.61. The van der Waals surface area contributed by atoms with Crippen molar-refractivity contribution in [1.29, 1.82) is 0 Å². The van der Waals surface area contributed by atoms with E-state index in [4.69, 9.17) is 9.47 Å². The van der Waals surface area contributed by atoms with E-state index in [-0.39, 0.29) is 0 Å². The van der Waals surface area contributed by atoms with Gasteiger partial charge in [-0.15, -0.1) is 6.58 Å². The predicted molar refractivity (Wildman–Crippen MR) is 68.6 cm³/mol. The Kier molecular flexibility index (Phi) is 5.57. The quantitative estimate of drug-likeness (QED) is 0.739. The van der Waals surface area contributed by atoms with Crippen LogP contribution in [0.2, 0.25) is 0 Å². The maximum atomic E-state index is 9.87. The van der Waals surface area contributed by atoms with Crippen LogP contribution in [0.3, 0.4) is 0 Å². The third-order valence-electron chi connectivity index (χ3n) is 2.34. The number of aliphatic hydroxyl groups is 1. The third-order valence-corrected chi connectivity index (χ3v) is 2.34. The lowest BCUT2D eigenvalue weighted by Crippen LogP contribution is -2.01. The minimum absolute atomic E-state index is 0.527. The Morgan fingerprint density at radius 1 is 1.24 bits per heavy atom. The van der Waals surface area contributed by atoms with Crippen molar-refractivity contribution < 1.29 is 14.6 Å². The highest BCUT2D eigenvalue weighted by atomic mass is 16.5. The Balaban J connectivity index is 2.95. The molecule has 94 valence electrons. The number of rotatable bonds is 7. The maximum Gasteiger partial charge on any atom is 0.161 e. The third kappa shape index (κ3) is 3.79. The van der Waals surface area contributed by atoms with Crippen LogP contribution in [0.4, 0.5) is 0 Å². The van der Waals surface area contributed by atoms with Gasteiger partial charge in [0.05, 0.1) is 19.3 Å². The molecule has 0 aliphatic heterocycles. The Hall–Kier alpha value is -1.48. The van der Waals surface area contributed by atoms with E-state index in [9.17, 15) is 5.11 Å². The van der Waals surface area contributed by atoms with Crippen molar-refractivity contribution in [2.45, 2.75) is 26.4 Å². The molecule has 17 heavy (non-hydrogen) atoms. The van der Waals surface area contributed by atoms with E-state index in [0.29, 0.717) is 31.1 Å². The number of hydrogen-bond donors (Lipinski definition) is 1. The van der Waals surface area contributed by atoms with Crippen molar-refractivity contribution >= 4 is 0 Å². The molecular weight excluding hydrogens is 216 g/mol. The minimum atomic E-state index is -0.539. The molecule has 0 fully saturated rings. The van der Waals surface area contributed by atoms with Gasteiger partial charge in [-0.2, -0.15) is 0 Å². The molecule has 1 atom stereocenters.